The highest BCUT2D eigenvalue weighted by Crippen LogP contribution is 2.28. The maximum Gasteiger partial charge on any atom is 0.225 e. The Balaban J connectivity index is 1.46. The van der Waals surface area contributed by atoms with Gasteiger partial charge in [0.25, 0.3) is 0 Å². The van der Waals surface area contributed by atoms with E-state index in [4.69, 9.17) is 14.5 Å². The fourth-order valence-corrected chi connectivity index (χ4v) is 4.06. The van der Waals surface area contributed by atoms with Crippen LogP contribution < -0.4 is 14.8 Å². The first-order valence-electron chi connectivity index (χ1n) is 10.2. The minimum absolute atomic E-state index is 0.0773. The highest BCUT2D eigenvalue weighted by atomic mass is 32.1. The molecule has 1 N–H and O–H groups in total. The van der Waals surface area contributed by atoms with Crippen molar-refractivity contribution in [3.05, 3.63) is 71.2 Å². The number of anilines is 1. The predicted molar refractivity (Wildman–Crippen MR) is 126 cm³/mol. The summed E-state index contributed by atoms with van der Waals surface area (Å²) in [5.41, 5.74) is 3.66. The van der Waals surface area contributed by atoms with Gasteiger partial charge in [0, 0.05) is 23.4 Å². The summed E-state index contributed by atoms with van der Waals surface area (Å²) >= 11 is 1.46. The van der Waals surface area contributed by atoms with Crippen molar-refractivity contribution in [3.63, 3.8) is 0 Å². The average Bonchev–Trinajstić information content (AvgIpc) is 3.44. The highest BCUT2D eigenvalue weighted by molar-refractivity contribution is 7.12. The lowest BCUT2D eigenvalue weighted by Crippen LogP contribution is -2.15. The van der Waals surface area contributed by atoms with Crippen LogP contribution in [-0.4, -0.2) is 34.9 Å². The number of methoxy groups -OCH3 is 2. The van der Waals surface area contributed by atoms with Crippen molar-refractivity contribution in [2.45, 2.75) is 19.8 Å². The van der Waals surface area contributed by atoms with Gasteiger partial charge < -0.3 is 14.8 Å². The van der Waals surface area contributed by atoms with E-state index in [1.54, 1.807) is 18.9 Å². The molecule has 0 fully saturated rings. The van der Waals surface area contributed by atoms with Crippen molar-refractivity contribution in [2.24, 2.45) is 0 Å². The average molecular weight is 449 g/mol. The lowest BCUT2D eigenvalue weighted by atomic mass is 10.1. The van der Waals surface area contributed by atoms with Crippen LogP contribution in [0.2, 0.25) is 0 Å². The van der Waals surface area contributed by atoms with Gasteiger partial charge in [0.15, 0.2) is 0 Å². The summed E-state index contributed by atoms with van der Waals surface area (Å²) in [5, 5.41) is 10.1. The fraction of sp³-hybridized carbons (Fsp3) is 0.208. The Hall–Kier alpha value is -3.65. The number of hydrogen-bond acceptors (Lipinski definition) is 6. The number of nitrogens with zero attached hydrogens (tertiary/aromatic N) is 3. The Kier molecular flexibility index (Phi) is 6.51. The van der Waals surface area contributed by atoms with Crippen LogP contribution in [0.25, 0.3) is 16.4 Å². The molecule has 2 heterocycles. The van der Waals surface area contributed by atoms with Gasteiger partial charge in [-0.3, -0.25) is 4.79 Å². The second kappa shape index (κ2) is 9.65. The number of aryl methyl sites for hydroxylation is 2. The molecule has 0 aliphatic carbocycles. The van der Waals surface area contributed by atoms with Crippen LogP contribution in [0.3, 0.4) is 0 Å². The summed E-state index contributed by atoms with van der Waals surface area (Å²) < 4.78 is 12.2. The first-order chi connectivity index (χ1) is 15.6. The molecule has 4 aromatic rings. The van der Waals surface area contributed by atoms with Crippen molar-refractivity contribution in [3.8, 4) is 27.9 Å². The first kappa shape index (κ1) is 21.6. The third kappa shape index (κ3) is 4.97. The van der Waals surface area contributed by atoms with Crippen molar-refractivity contribution in [1.82, 2.24) is 14.8 Å². The molecule has 4 rings (SSSR count). The largest absolute Gasteiger partial charge is 0.497 e. The van der Waals surface area contributed by atoms with E-state index in [9.17, 15) is 4.79 Å². The summed E-state index contributed by atoms with van der Waals surface area (Å²) in [4.78, 5) is 17.3. The Labute approximate surface area is 190 Å². The standard InChI is InChI=1S/C24H24N4O3S/c1-16-13-22(26-23(29)12-9-17-7-10-19(30-2)11-8-17)28(27-16)24-25-21(15-32-24)18-5-4-6-20(14-18)31-3/h4-8,10-11,13-15H,9,12H2,1-3H3,(H,26,29). The van der Waals surface area contributed by atoms with Gasteiger partial charge in [-0.2, -0.15) is 9.78 Å². The number of nitrogens with one attached hydrogen (secondary N) is 1. The zero-order chi connectivity index (χ0) is 22.5. The second-order valence-corrected chi connectivity index (χ2v) is 8.06. The topological polar surface area (TPSA) is 78.3 Å². The van der Waals surface area contributed by atoms with Crippen LogP contribution in [0.15, 0.2) is 60.0 Å². The first-order valence-corrected chi connectivity index (χ1v) is 11.0. The van der Waals surface area contributed by atoms with Crippen molar-refractivity contribution >= 4 is 23.1 Å². The second-order valence-electron chi connectivity index (χ2n) is 7.23. The maximum absolute atomic E-state index is 12.6. The molecule has 0 aliphatic rings. The normalized spacial score (nSPS) is 10.7. The Morgan fingerprint density at radius 2 is 1.84 bits per heavy atom. The predicted octanol–water partition coefficient (Wildman–Crippen LogP) is 4.89. The number of amides is 1. The number of thiazole rings is 1. The van der Waals surface area contributed by atoms with Crippen LogP contribution in [0.1, 0.15) is 17.7 Å². The molecule has 2 aromatic carbocycles. The number of benzene rings is 2. The molecule has 164 valence electrons. The van der Waals surface area contributed by atoms with E-state index >= 15 is 0 Å². The number of aromatic nitrogens is 3. The minimum atomic E-state index is -0.0773. The summed E-state index contributed by atoms with van der Waals surface area (Å²) in [7, 11) is 3.28. The molecule has 32 heavy (non-hydrogen) atoms. The third-order valence-corrected chi connectivity index (χ3v) is 5.75. The molecule has 0 bridgehead atoms. The summed E-state index contributed by atoms with van der Waals surface area (Å²) in [6.07, 6.45) is 1.00. The van der Waals surface area contributed by atoms with Crippen molar-refractivity contribution in [1.29, 1.82) is 0 Å². The van der Waals surface area contributed by atoms with E-state index in [2.05, 4.69) is 10.4 Å². The Bertz CT molecular complexity index is 1210. The van der Waals surface area contributed by atoms with Gasteiger partial charge in [-0.25, -0.2) is 4.98 Å². The molecule has 0 atom stereocenters. The zero-order valence-electron chi connectivity index (χ0n) is 18.2. The number of rotatable bonds is 8. The molecule has 0 unspecified atom stereocenters. The third-order valence-electron chi connectivity index (χ3n) is 4.94. The summed E-state index contributed by atoms with van der Waals surface area (Å²) in [6, 6.07) is 17.3. The molecular formula is C24H24N4O3S. The summed E-state index contributed by atoms with van der Waals surface area (Å²) in [6.45, 7) is 1.89. The monoisotopic (exact) mass is 448 g/mol. The van der Waals surface area contributed by atoms with Crippen LogP contribution >= 0.6 is 11.3 Å². The van der Waals surface area contributed by atoms with E-state index in [1.807, 2.05) is 66.9 Å². The van der Waals surface area contributed by atoms with E-state index in [-0.39, 0.29) is 5.91 Å². The van der Waals surface area contributed by atoms with Gasteiger partial charge in [-0.05, 0) is 43.2 Å². The quantitative estimate of drug-likeness (QED) is 0.415. The van der Waals surface area contributed by atoms with Gasteiger partial charge in [-0.1, -0.05) is 24.3 Å². The van der Waals surface area contributed by atoms with Gasteiger partial charge in [0.2, 0.25) is 11.0 Å². The van der Waals surface area contributed by atoms with Crippen LogP contribution in [0.4, 0.5) is 5.82 Å². The SMILES string of the molecule is COc1ccc(CCC(=O)Nc2cc(C)nn2-c2nc(-c3cccc(OC)c3)cs2)cc1. The maximum atomic E-state index is 12.6. The van der Waals surface area contributed by atoms with E-state index in [1.165, 1.54) is 11.3 Å². The van der Waals surface area contributed by atoms with Gasteiger partial charge >= 0.3 is 0 Å². The molecule has 1 amide bonds. The molecule has 8 heteroatoms. The lowest BCUT2D eigenvalue weighted by molar-refractivity contribution is -0.116. The lowest BCUT2D eigenvalue weighted by Gasteiger charge is -2.07. The molecule has 0 spiro atoms. The van der Waals surface area contributed by atoms with Crippen LogP contribution in [0, 0.1) is 6.92 Å². The number of carbonyl (C=O) groups excluding carboxylic acids is 1. The Morgan fingerprint density at radius 1 is 1.06 bits per heavy atom. The van der Waals surface area contributed by atoms with E-state index in [0.29, 0.717) is 23.8 Å². The molecule has 0 saturated carbocycles. The number of hydrogen-bond donors (Lipinski definition) is 1. The number of carbonyl (C=O) groups is 1. The highest BCUT2D eigenvalue weighted by Gasteiger charge is 2.15. The fourth-order valence-electron chi connectivity index (χ4n) is 3.27. The molecule has 0 saturated heterocycles. The van der Waals surface area contributed by atoms with Crippen LogP contribution in [0.5, 0.6) is 11.5 Å². The van der Waals surface area contributed by atoms with Crippen molar-refractivity contribution in [2.75, 3.05) is 19.5 Å². The zero-order valence-corrected chi connectivity index (χ0v) is 19.0. The molecule has 2 aromatic heterocycles. The number of ether oxygens (including phenoxy) is 2. The summed E-state index contributed by atoms with van der Waals surface area (Å²) in [5.74, 6) is 2.10. The molecule has 7 nitrogen and oxygen atoms in total. The Morgan fingerprint density at radius 3 is 2.59 bits per heavy atom. The minimum Gasteiger partial charge on any atom is -0.497 e. The van der Waals surface area contributed by atoms with Crippen molar-refractivity contribution < 1.29 is 14.3 Å². The molecular weight excluding hydrogens is 424 g/mol. The molecule has 0 aliphatic heterocycles. The van der Waals surface area contributed by atoms with Gasteiger partial charge in [-0.15, -0.1) is 11.3 Å². The van der Waals surface area contributed by atoms with Gasteiger partial charge in [0.05, 0.1) is 25.6 Å². The van der Waals surface area contributed by atoms with Crippen LogP contribution in [-0.2, 0) is 11.2 Å². The smallest absolute Gasteiger partial charge is 0.225 e. The van der Waals surface area contributed by atoms with Gasteiger partial charge in [0.1, 0.15) is 17.3 Å². The van der Waals surface area contributed by atoms with E-state index < -0.39 is 0 Å². The molecule has 0 radical (unpaired) electrons. The van der Waals surface area contributed by atoms with E-state index in [0.717, 1.165) is 34.0 Å².